The molecule has 1 aromatic carbocycles. The third kappa shape index (κ3) is 2.06. The van der Waals surface area contributed by atoms with Crippen LogP contribution in [0, 0.1) is 12.8 Å². The van der Waals surface area contributed by atoms with Crippen LogP contribution in [0.5, 0.6) is 0 Å². The van der Waals surface area contributed by atoms with Crippen LogP contribution in [-0.2, 0) is 12.8 Å². The number of benzene rings is 1. The van der Waals surface area contributed by atoms with Crippen molar-refractivity contribution in [3.63, 3.8) is 0 Å². The number of rotatable bonds is 2. The quantitative estimate of drug-likeness (QED) is 0.749. The molecule has 3 rings (SSSR count). The Labute approximate surface area is 119 Å². The summed E-state index contributed by atoms with van der Waals surface area (Å²) in [5, 5.41) is 0. The number of halogens is 1. The van der Waals surface area contributed by atoms with Gasteiger partial charge in [0.25, 0.3) is 0 Å². The molecule has 0 unspecified atom stereocenters. The van der Waals surface area contributed by atoms with E-state index in [1.54, 1.807) is 11.3 Å². The number of carbonyl (C=O) groups excluding carboxylic acids is 1. The van der Waals surface area contributed by atoms with Gasteiger partial charge in [-0.2, -0.15) is 0 Å². The molecule has 0 N–H and O–H groups in total. The van der Waals surface area contributed by atoms with E-state index >= 15 is 0 Å². The van der Waals surface area contributed by atoms with Crippen LogP contribution in [0.3, 0.4) is 0 Å². The van der Waals surface area contributed by atoms with Crippen LogP contribution >= 0.6 is 27.3 Å². The molecule has 1 aromatic heterocycles. The summed E-state index contributed by atoms with van der Waals surface area (Å²) in [7, 11) is 0. The Morgan fingerprint density at radius 3 is 2.39 bits per heavy atom. The summed E-state index contributed by atoms with van der Waals surface area (Å²) in [6.45, 7) is 2.02. The molecule has 2 aromatic rings. The van der Waals surface area contributed by atoms with E-state index in [1.807, 2.05) is 13.0 Å². The molecule has 0 radical (unpaired) electrons. The van der Waals surface area contributed by atoms with Gasteiger partial charge in [0, 0.05) is 16.4 Å². The Kier molecular flexibility index (Phi) is 3.12. The molecule has 1 aliphatic rings. The van der Waals surface area contributed by atoms with Crippen molar-refractivity contribution in [2.75, 3.05) is 0 Å². The van der Waals surface area contributed by atoms with Crippen LogP contribution < -0.4 is 0 Å². The number of fused-ring (bicyclic) bond motifs is 1. The maximum Gasteiger partial charge on any atom is 0.167 e. The molecule has 0 saturated heterocycles. The Balaban J connectivity index is 1.87. The fourth-order valence-corrected chi connectivity index (χ4v) is 4.35. The summed E-state index contributed by atoms with van der Waals surface area (Å²) in [6, 6.07) is 10.3. The number of thiophene rings is 1. The molecule has 18 heavy (non-hydrogen) atoms. The zero-order valence-corrected chi connectivity index (χ0v) is 12.5. The van der Waals surface area contributed by atoms with E-state index in [4.69, 9.17) is 0 Å². The first-order valence-corrected chi connectivity index (χ1v) is 7.63. The summed E-state index contributed by atoms with van der Waals surface area (Å²) in [4.78, 5) is 13.6. The van der Waals surface area contributed by atoms with Gasteiger partial charge in [0.05, 0.1) is 3.79 Å². The lowest BCUT2D eigenvalue weighted by Gasteiger charge is -2.07. The zero-order valence-electron chi connectivity index (χ0n) is 10.1. The standard InChI is InChI=1S/C15H13BrOS/c1-9-13(8-14(16)18-9)15(17)12-6-10-4-2-3-5-11(10)7-12/h2-5,8,12H,6-7H2,1H3. The fourth-order valence-electron chi connectivity index (χ4n) is 2.65. The summed E-state index contributed by atoms with van der Waals surface area (Å²) in [6.07, 6.45) is 1.78. The Hall–Kier alpha value is -0.930. The third-order valence-electron chi connectivity index (χ3n) is 3.57. The van der Waals surface area contributed by atoms with Crippen molar-refractivity contribution in [1.29, 1.82) is 0 Å². The van der Waals surface area contributed by atoms with Crippen molar-refractivity contribution in [3.05, 3.63) is 55.7 Å². The van der Waals surface area contributed by atoms with Crippen LogP contribution in [0.15, 0.2) is 34.1 Å². The molecule has 0 atom stereocenters. The van der Waals surface area contributed by atoms with Gasteiger partial charge in [-0.05, 0) is 52.9 Å². The first-order chi connectivity index (χ1) is 8.65. The second-order valence-electron chi connectivity index (χ2n) is 4.76. The van der Waals surface area contributed by atoms with Crippen LogP contribution in [0.1, 0.15) is 26.4 Å². The van der Waals surface area contributed by atoms with Gasteiger partial charge in [0.15, 0.2) is 5.78 Å². The molecule has 0 saturated carbocycles. The van der Waals surface area contributed by atoms with E-state index in [9.17, 15) is 4.79 Å². The largest absolute Gasteiger partial charge is 0.294 e. The van der Waals surface area contributed by atoms with Crippen LogP contribution in [0.2, 0.25) is 0 Å². The smallest absolute Gasteiger partial charge is 0.167 e. The lowest BCUT2D eigenvalue weighted by molar-refractivity contribution is 0.0924. The second kappa shape index (κ2) is 4.63. The SMILES string of the molecule is Cc1sc(Br)cc1C(=O)C1Cc2ccccc2C1. The first kappa shape index (κ1) is 12.1. The van der Waals surface area contributed by atoms with Crippen molar-refractivity contribution >= 4 is 33.0 Å². The van der Waals surface area contributed by atoms with Crippen LogP contribution in [-0.4, -0.2) is 5.78 Å². The normalized spacial score (nSPS) is 14.8. The van der Waals surface area contributed by atoms with E-state index < -0.39 is 0 Å². The molecule has 0 fully saturated rings. The van der Waals surface area contributed by atoms with E-state index in [1.165, 1.54) is 11.1 Å². The molecule has 3 heteroatoms. The number of Topliss-reactive ketones (excluding diaryl/α,β-unsaturated/α-hetero) is 1. The van der Waals surface area contributed by atoms with Gasteiger partial charge in [-0.1, -0.05) is 24.3 Å². The maximum atomic E-state index is 12.5. The van der Waals surface area contributed by atoms with Gasteiger partial charge in [-0.3, -0.25) is 4.79 Å². The van der Waals surface area contributed by atoms with Gasteiger partial charge >= 0.3 is 0 Å². The first-order valence-electron chi connectivity index (χ1n) is 6.02. The minimum absolute atomic E-state index is 0.127. The zero-order chi connectivity index (χ0) is 12.7. The number of carbonyl (C=O) groups is 1. The Morgan fingerprint density at radius 1 is 1.28 bits per heavy atom. The summed E-state index contributed by atoms with van der Waals surface area (Å²) in [5.41, 5.74) is 3.57. The Bertz CT molecular complexity index is 590. The molecule has 1 nitrogen and oxygen atoms in total. The number of hydrogen-bond donors (Lipinski definition) is 0. The van der Waals surface area contributed by atoms with Gasteiger partial charge in [-0.15, -0.1) is 11.3 Å². The predicted molar refractivity (Wildman–Crippen MR) is 78.4 cm³/mol. The highest BCUT2D eigenvalue weighted by Gasteiger charge is 2.29. The lowest BCUT2D eigenvalue weighted by Crippen LogP contribution is -2.15. The molecular weight excluding hydrogens is 308 g/mol. The molecule has 0 amide bonds. The van der Waals surface area contributed by atoms with Crippen molar-refractivity contribution in [1.82, 2.24) is 0 Å². The van der Waals surface area contributed by atoms with Crippen LogP contribution in [0.25, 0.3) is 0 Å². The molecule has 1 heterocycles. The van der Waals surface area contributed by atoms with Crippen molar-refractivity contribution in [3.8, 4) is 0 Å². The van der Waals surface area contributed by atoms with E-state index in [2.05, 4.69) is 40.2 Å². The molecule has 0 bridgehead atoms. The monoisotopic (exact) mass is 320 g/mol. The van der Waals surface area contributed by atoms with Gasteiger partial charge in [0.1, 0.15) is 0 Å². The van der Waals surface area contributed by atoms with Gasteiger partial charge in [-0.25, -0.2) is 0 Å². The molecule has 0 aliphatic heterocycles. The number of aryl methyl sites for hydroxylation is 1. The number of hydrogen-bond acceptors (Lipinski definition) is 2. The second-order valence-corrected chi connectivity index (χ2v) is 7.39. The van der Waals surface area contributed by atoms with Crippen molar-refractivity contribution in [2.45, 2.75) is 19.8 Å². The summed E-state index contributed by atoms with van der Waals surface area (Å²) in [5.74, 6) is 0.424. The summed E-state index contributed by atoms with van der Waals surface area (Å²) >= 11 is 5.09. The predicted octanol–water partition coefficient (Wildman–Crippen LogP) is 4.42. The van der Waals surface area contributed by atoms with Crippen LogP contribution in [0.4, 0.5) is 0 Å². The molecular formula is C15H13BrOS. The highest BCUT2D eigenvalue weighted by Crippen LogP contribution is 2.33. The van der Waals surface area contributed by atoms with Gasteiger partial charge < -0.3 is 0 Å². The molecule has 1 aliphatic carbocycles. The summed E-state index contributed by atoms with van der Waals surface area (Å²) < 4.78 is 1.04. The highest BCUT2D eigenvalue weighted by atomic mass is 79.9. The Morgan fingerprint density at radius 2 is 1.89 bits per heavy atom. The highest BCUT2D eigenvalue weighted by molar-refractivity contribution is 9.11. The van der Waals surface area contributed by atoms with Crippen molar-refractivity contribution < 1.29 is 4.79 Å². The minimum Gasteiger partial charge on any atom is -0.294 e. The third-order valence-corrected chi connectivity index (χ3v) is 5.13. The average Bonchev–Trinajstić information content (AvgIpc) is 2.91. The number of ketones is 1. The molecule has 92 valence electrons. The fraction of sp³-hybridized carbons (Fsp3) is 0.267. The maximum absolute atomic E-state index is 12.5. The van der Waals surface area contributed by atoms with Gasteiger partial charge in [0.2, 0.25) is 0 Å². The van der Waals surface area contributed by atoms with E-state index in [0.717, 1.165) is 27.1 Å². The van der Waals surface area contributed by atoms with E-state index in [0.29, 0.717) is 5.78 Å². The lowest BCUT2D eigenvalue weighted by atomic mass is 9.95. The topological polar surface area (TPSA) is 17.1 Å². The molecule has 0 spiro atoms. The minimum atomic E-state index is 0.127. The van der Waals surface area contributed by atoms with E-state index in [-0.39, 0.29) is 5.92 Å². The van der Waals surface area contributed by atoms with Crippen molar-refractivity contribution in [2.24, 2.45) is 5.92 Å². The average molecular weight is 321 g/mol.